The van der Waals surface area contributed by atoms with Gasteiger partial charge in [-0.05, 0) is 45.6 Å². The molecule has 25 heavy (non-hydrogen) atoms. The van der Waals surface area contributed by atoms with Gasteiger partial charge in [0.15, 0.2) is 0 Å². The fraction of sp³-hybridized carbons (Fsp3) is 0.500. The minimum Gasteiger partial charge on any atom is -0.460 e. The first-order chi connectivity index (χ1) is 11.8. The number of rotatable bonds is 6. The van der Waals surface area contributed by atoms with Crippen molar-refractivity contribution in [3.05, 3.63) is 48.6 Å². The Kier molecular flexibility index (Phi) is 6.23. The molecule has 1 saturated heterocycles. The summed E-state index contributed by atoms with van der Waals surface area (Å²) in [5.41, 5.74) is 0.478. The number of amides is 1. The van der Waals surface area contributed by atoms with Crippen LogP contribution in [-0.2, 0) is 20.7 Å². The second-order valence-corrected chi connectivity index (χ2v) is 7.37. The van der Waals surface area contributed by atoms with Gasteiger partial charge in [0, 0.05) is 0 Å². The van der Waals surface area contributed by atoms with E-state index in [1.165, 1.54) is 0 Å². The first-order valence-electron chi connectivity index (χ1n) is 8.63. The summed E-state index contributed by atoms with van der Waals surface area (Å²) in [5.74, 6) is -0.421. The Bertz CT molecular complexity index is 606. The predicted molar refractivity (Wildman–Crippen MR) is 96.1 cm³/mol. The van der Waals surface area contributed by atoms with E-state index in [2.05, 4.69) is 11.9 Å². The molecule has 1 aromatic carbocycles. The van der Waals surface area contributed by atoms with Crippen LogP contribution in [0.2, 0.25) is 0 Å². The van der Waals surface area contributed by atoms with Crippen molar-refractivity contribution in [3.63, 3.8) is 0 Å². The second-order valence-electron chi connectivity index (χ2n) is 7.37. The number of carbonyl (C=O) groups excluding carboxylic acids is 2. The molecule has 1 aliphatic heterocycles. The van der Waals surface area contributed by atoms with Crippen molar-refractivity contribution in [1.29, 1.82) is 0 Å². The predicted octanol–water partition coefficient (Wildman–Crippen LogP) is 3.63. The van der Waals surface area contributed by atoms with Crippen LogP contribution in [-0.4, -0.2) is 29.8 Å². The molecule has 0 bridgehead atoms. The lowest BCUT2D eigenvalue weighted by molar-refractivity contribution is -0.145. The number of cyclic esters (lactones) is 1. The maximum absolute atomic E-state index is 12.2. The average Bonchev–Trinajstić information content (AvgIpc) is 2.87. The molecular formula is C20H27NO4. The lowest BCUT2D eigenvalue weighted by atomic mass is 9.94. The molecular weight excluding hydrogens is 318 g/mol. The molecule has 1 fully saturated rings. The number of hydrogen-bond donors (Lipinski definition) is 1. The first-order valence-corrected chi connectivity index (χ1v) is 8.63. The molecule has 0 radical (unpaired) electrons. The van der Waals surface area contributed by atoms with Crippen molar-refractivity contribution < 1.29 is 19.1 Å². The summed E-state index contributed by atoms with van der Waals surface area (Å²) in [6, 6.07) is 9.47. The van der Waals surface area contributed by atoms with Crippen molar-refractivity contribution >= 4 is 12.1 Å². The number of alkyl carbamates (subject to hydrolysis) is 1. The average molecular weight is 345 g/mol. The Hall–Kier alpha value is -2.30. The van der Waals surface area contributed by atoms with Crippen LogP contribution in [0.4, 0.5) is 4.79 Å². The molecule has 0 spiro atoms. The number of esters is 1. The van der Waals surface area contributed by atoms with E-state index in [0.717, 1.165) is 5.56 Å². The van der Waals surface area contributed by atoms with E-state index < -0.39 is 11.7 Å². The quantitative estimate of drug-likeness (QED) is 0.632. The highest BCUT2D eigenvalue weighted by molar-refractivity contribution is 5.75. The van der Waals surface area contributed by atoms with Gasteiger partial charge in [-0.15, -0.1) is 6.58 Å². The summed E-state index contributed by atoms with van der Waals surface area (Å²) in [7, 11) is 0. The molecule has 0 unspecified atom stereocenters. The van der Waals surface area contributed by atoms with Crippen LogP contribution >= 0.6 is 0 Å². The molecule has 1 heterocycles. The highest BCUT2D eigenvalue weighted by atomic mass is 16.6. The van der Waals surface area contributed by atoms with Gasteiger partial charge in [-0.2, -0.15) is 0 Å². The van der Waals surface area contributed by atoms with Crippen molar-refractivity contribution in [1.82, 2.24) is 5.32 Å². The van der Waals surface area contributed by atoms with Crippen LogP contribution in [0, 0.1) is 5.92 Å². The minimum absolute atomic E-state index is 0.193. The van der Waals surface area contributed by atoms with Gasteiger partial charge in [0.1, 0.15) is 11.7 Å². The Labute approximate surface area is 149 Å². The molecule has 1 amide bonds. The number of allylic oxidation sites excluding steroid dienone is 1. The second kappa shape index (κ2) is 8.19. The number of hydrogen-bond acceptors (Lipinski definition) is 4. The zero-order valence-corrected chi connectivity index (χ0v) is 15.2. The molecule has 0 saturated carbocycles. The zero-order chi connectivity index (χ0) is 18.4. The molecule has 5 heteroatoms. The molecule has 2 rings (SSSR count). The largest absolute Gasteiger partial charge is 0.460 e. The van der Waals surface area contributed by atoms with Crippen molar-refractivity contribution in [2.75, 3.05) is 0 Å². The summed E-state index contributed by atoms with van der Waals surface area (Å²) >= 11 is 0. The number of nitrogens with one attached hydrogen (secondary N) is 1. The minimum atomic E-state index is -0.584. The summed E-state index contributed by atoms with van der Waals surface area (Å²) in [5, 5.41) is 2.88. The fourth-order valence-corrected chi connectivity index (χ4v) is 2.91. The van der Waals surface area contributed by atoms with Crippen molar-refractivity contribution in [3.8, 4) is 0 Å². The highest BCUT2D eigenvalue weighted by Crippen LogP contribution is 2.28. The molecule has 1 aromatic rings. The van der Waals surface area contributed by atoms with Crippen LogP contribution in [0.1, 0.15) is 39.2 Å². The van der Waals surface area contributed by atoms with Crippen LogP contribution in [0.25, 0.3) is 0 Å². The Balaban J connectivity index is 2.10. The molecule has 0 aromatic heterocycles. The van der Waals surface area contributed by atoms with E-state index in [1.807, 2.05) is 51.1 Å². The maximum atomic E-state index is 12.2. The lowest BCUT2D eigenvalue weighted by Gasteiger charge is -2.26. The normalized spacial score (nSPS) is 21.3. The topological polar surface area (TPSA) is 64.6 Å². The van der Waals surface area contributed by atoms with Crippen molar-refractivity contribution in [2.45, 2.75) is 57.8 Å². The van der Waals surface area contributed by atoms with Crippen LogP contribution in [0.15, 0.2) is 43.0 Å². The molecule has 0 aliphatic carbocycles. The third kappa shape index (κ3) is 5.93. The highest BCUT2D eigenvalue weighted by Gasteiger charge is 2.39. The summed E-state index contributed by atoms with van der Waals surface area (Å²) in [6.45, 7) is 9.13. The monoisotopic (exact) mass is 345 g/mol. The van der Waals surface area contributed by atoms with E-state index in [9.17, 15) is 9.59 Å². The van der Waals surface area contributed by atoms with E-state index in [-0.39, 0.29) is 24.0 Å². The fourth-order valence-electron chi connectivity index (χ4n) is 2.91. The van der Waals surface area contributed by atoms with Crippen LogP contribution in [0.3, 0.4) is 0 Å². The molecule has 136 valence electrons. The third-order valence-corrected chi connectivity index (χ3v) is 4.02. The van der Waals surface area contributed by atoms with Crippen LogP contribution < -0.4 is 5.32 Å². The van der Waals surface area contributed by atoms with Gasteiger partial charge in [0.25, 0.3) is 0 Å². The number of benzene rings is 1. The molecule has 5 nitrogen and oxygen atoms in total. The van der Waals surface area contributed by atoms with Gasteiger partial charge in [0.2, 0.25) is 0 Å². The van der Waals surface area contributed by atoms with Gasteiger partial charge in [-0.25, -0.2) is 4.79 Å². The number of carbonyl (C=O) groups is 2. The smallest absolute Gasteiger partial charge is 0.408 e. The van der Waals surface area contributed by atoms with E-state index >= 15 is 0 Å². The van der Waals surface area contributed by atoms with Gasteiger partial charge in [-0.3, -0.25) is 4.79 Å². The standard InChI is InChI=1S/C20H27NO4/c1-5-9-15-13-17(24-18(15)22)16(12-14-10-7-6-8-11-14)21-19(23)25-20(2,3)4/h5-8,10-11,15-17H,1,9,12-13H2,2-4H3,(H,21,23)/t15-,16+,17+/m1/s1. The summed E-state index contributed by atoms with van der Waals surface area (Å²) in [6.07, 6.45) is 2.57. The Morgan fingerprint density at radius 3 is 2.68 bits per heavy atom. The summed E-state index contributed by atoms with van der Waals surface area (Å²) in [4.78, 5) is 24.2. The van der Waals surface area contributed by atoms with Gasteiger partial charge in [-0.1, -0.05) is 36.4 Å². The molecule has 1 N–H and O–H groups in total. The SMILES string of the molecule is C=CC[C@@H]1C[C@@H]([C@H](Cc2ccccc2)NC(=O)OC(C)(C)C)OC1=O. The third-order valence-electron chi connectivity index (χ3n) is 4.02. The van der Waals surface area contributed by atoms with Gasteiger partial charge < -0.3 is 14.8 Å². The Morgan fingerprint density at radius 1 is 1.40 bits per heavy atom. The van der Waals surface area contributed by atoms with E-state index in [4.69, 9.17) is 9.47 Å². The molecule has 1 aliphatic rings. The van der Waals surface area contributed by atoms with Crippen LogP contribution in [0.5, 0.6) is 0 Å². The first kappa shape index (κ1) is 19.0. The number of ether oxygens (including phenoxy) is 2. The van der Waals surface area contributed by atoms with Gasteiger partial charge >= 0.3 is 12.1 Å². The van der Waals surface area contributed by atoms with E-state index in [0.29, 0.717) is 19.3 Å². The maximum Gasteiger partial charge on any atom is 0.408 e. The van der Waals surface area contributed by atoms with Crippen molar-refractivity contribution in [2.24, 2.45) is 5.92 Å². The summed E-state index contributed by atoms with van der Waals surface area (Å²) < 4.78 is 10.9. The Morgan fingerprint density at radius 2 is 2.08 bits per heavy atom. The lowest BCUT2D eigenvalue weighted by Crippen LogP contribution is -2.46. The van der Waals surface area contributed by atoms with E-state index in [1.54, 1.807) is 6.08 Å². The zero-order valence-electron chi connectivity index (χ0n) is 15.2. The van der Waals surface area contributed by atoms with Gasteiger partial charge in [0.05, 0.1) is 12.0 Å². The molecule has 3 atom stereocenters.